The number of ether oxygens (including phenoxy) is 2. The van der Waals surface area contributed by atoms with Crippen LogP contribution < -0.4 is 10.1 Å². The number of pyridine rings is 1. The van der Waals surface area contributed by atoms with Crippen molar-refractivity contribution in [3.05, 3.63) is 64.7 Å². The number of hydrogen-bond donors (Lipinski definition) is 1. The van der Waals surface area contributed by atoms with Gasteiger partial charge in [-0.25, -0.2) is 4.98 Å². The molecule has 0 saturated carbocycles. The van der Waals surface area contributed by atoms with Crippen LogP contribution in [0.3, 0.4) is 0 Å². The van der Waals surface area contributed by atoms with E-state index < -0.39 is 0 Å². The van der Waals surface area contributed by atoms with Crippen molar-refractivity contribution in [3.8, 4) is 17.0 Å². The maximum atomic E-state index is 13.7. The Bertz CT molecular complexity index is 1380. The standard InChI is InChI=1S/C28H31N3O5/c1-5-34-21-8-6-20(7-9-21)28(10-12-33-13-11-28)16-29-26(32)23-15-24(22-14-17(2)35-19(22)4)30-27-25(23)18(3)31-36-27/h6-9,14-15H,5,10-13,16H2,1-4H3,(H,29,32). The molecule has 1 saturated heterocycles. The van der Waals surface area contributed by atoms with Crippen molar-refractivity contribution < 1.29 is 23.2 Å². The van der Waals surface area contributed by atoms with Gasteiger partial charge in [-0.2, -0.15) is 0 Å². The van der Waals surface area contributed by atoms with E-state index in [1.807, 2.05) is 45.9 Å². The highest BCUT2D eigenvalue weighted by Crippen LogP contribution is 2.36. The van der Waals surface area contributed by atoms with E-state index in [-0.39, 0.29) is 11.3 Å². The van der Waals surface area contributed by atoms with E-state index in [1.165, 1.54) is 5.56 Å². The fourth-order valence-electron chi connectivity index (χ4n) is 5.04. The van der Waals surface area contributed by atoms with Crippen molar-refractivity contribution in [2.45, 2.75) is 46.0 Å². The van der Waals surface area contributed by atoms with Gasteiger partial charge in [0.2, 0.25) is 0 Å². The molecule has 8 heteroatoms. The summed E-state index contributed by atoms with van der Waals surface area (Å²) in [6.07, 6.45) is 1.64. The van der Waals surface area contributed by atoms with E-state index in [1.54, 1.807) is 6.07 Å². The molecule has 0 radical (unpaired) electrons. The SMILES string of the molecule is CCOc1ccc(C2(CNC(=O)c3cc(-c4cc(C)oc4C)nc4onc(C)c34)CCOCC2)cc1. The zero-order valence-corrected chi connectivity index (χ0v) is 21.1. The lowest BCUT2D eigenvalue weighted by molar-refractivity contribution is 0.0487. The second-order valence-electron chi connectivity index (χ2n) is 9.36. The summed E-state index contributed by atoms with van der Waals surface area (Å²) >= 11 is 0. The van der Waals surface area contributed by atoms with Gasteiger partial charge in [-0.1, -0.05) is 17.3 Å². The quantitative estimate of drug-likeness (QED) is 0.377. The summed E-state index contributed by atoms with van der Waals surface area (Å²) in [7, 11) is 0. The van der Waals surface area contributed by atoms with Gasteiger partial charge in [0.1, 0.15) is 17.3 Å². The summed E-state index contributed by atoms with van der Waals surface area (Å²) in [6.45, 7) is 9.95. The van der Waals surface area contributed by atoms with Crippen LogP contribution in [0.15, 0.2) is 45.3 Å². The van der Waals surface area contributed by atoms with Crippen molar-refractivity contribution in [1.82, 2.24) is 15.5 Å². The summed E-state index contributed by atoms with van der Waals surface area (Å²) in [5.41, 5.74) is 3.83. The van der Waals surface area contributed by atoms with Gasteiger partial charge < -0.3 is 23.7 Å². The average molecular weight is 490 g/mol. The number of carbonyl (C=O) groups excluding carboxylic acids is 1. The summed E-state index contributed by atoms with van der Waals surface area (Å²) in [4.78, 5) is 18.3. The van der Waals surface area contributed by atoms with Crippen LogP contribution in [0.25, 0.3) is 22.4 Å². The molecule has 5 rings (SSSR count). The largest absolute Gasteiger partial charge is 0.494 e. The minimum atomic E-state index is -0.227. The topological polar surface area (TPSA) is 99.6 Å². The summed E-state index contributed by atoms with van der Waals surface area (Å²) in [6, 6.07) is 11.9. The van der Waals surface area contributed by atoms with E-state index >= 15 is 0 Å². The third-order valence-electron chi connectivity index (χ3n) is 6.99. The fourth-order valence-corrected chi connectivity index (χ4v) is 5.04. The number of fused-ring (bicyclic) bond motifs is 1. The fraction of sp³-hybridized carbons (Fsp3) is 0.393. The zero-order chi connectivity index (χ0) is 25.3. The lowest BCUT2D eigenvalue weighted by Gasteiger charge is -2.38. The average Bonchev–Trinajstić information content (AvgIpc) is 3.44. The molecule has 1 aromatic carbocycles. The first-order valence-corrected chi connectivity index (χ1v) is 12.3. The minimum absolute atomic E-state index is 0.190. The second-order valence-corrected chi connectivity index (χ2v) is 9.36. The number of furan rings is 1. The first-order valence-electron chi connectivity index (χ1n) is 12.3. The van der Waals surface area contributed by atoms with Gasteiger partial charge in [-0.15, -0.1) is 0 Å². The summed E-state index contributed by atoms with van der Waals surface area (Å²) < 4.78 is 22.4. The van der Waals surface area contributed by atoms with Crippen molar-refractivity contribution in [1.29, 1.82) is 0 Å². The Kier molecular flexibility index (Phi) is 6.53. The lowest BCUT2D eigenvalue weighted by Crippen LogP contribution is -2.44. The Labute approximate surface area is 210 Å². The maximum absolute atomic E-state index is 13.7. The van der Waals surface area contributed by atoms with Gasteiger partial charge in [0.05, 0.1) is 28.9 Å². The van der Waals surface area contributed by atoms with E-state index in [0.29, 0.717) is 54.4 Å². The van der Waals surface area contributed by atoms with Gasteiger partial charge in [-0.05, 0) is 70.4 Å². The molecule has 1 N–H and O–H groups in total. The number of benzene rings is 1. The van der Waals surface area contributed by atoms with Crippen LogP contribution in [0.2, 0.25) is 0 Å². The molecule has 36 heavy (non-hydrogen) atoms. The number of hydrogen-bond acceptors (Lipinski definition) is 7. The molecule has 1 amide bonds. The predicted octanol–water partition coefficient (Wildman–Crippen LogP) is 5.28. The minimum Gasteiger partial charge on any atom is -0.494 e. The van der Waals surface area contributed by atoms with E-state index in [9.17, 15) is 4.79 Å². The lowest BCUT2D eigenvalue weighted by atomic mass is 9.74. The highest BCUT2D eigenvalue weighted by molar-refractivity contribution is 6.07. The summed E-state index contributed by atoms with van der Waals surface area (Å²) in [5, 5.41) is 7.90. The van der Waals surface area contributed by atoms with E-state index in [0.717, 1.165) is 35.7 Å². The third-order valence-corrected chi connectivity index (χ3v) is 6.99. The molecule has 4 heterocycles. The van der Waals surface area contributed by atoms with Crippen LogP contribution in [0.4, 0.5) is 0 Å². The van der Waals surface area contributed by atoms with Crippen molar-refractivity contribution in [3.63, 3.8) is 0 Å². The Hall–Kier alpha value is -3.65. The van der Waals surface area contributed by atoms with E-state index in [2.05, 4.69) is 27.6 Å². The molecule has 0 atom stereocenters. The van der Waals surface area contributed by atoms with Gasteiger partial charge in [-0.3, -0.25) is 4.79 Å². The molecular formula is C28H31N3O5. The molecule has 0 unspecified atom stereocenters. The Balaban J connectivity index is 1.46. The van der Waals surface area contributed by atoms with Crippen LogP contribution in [0.1, 0.15) is 52.9 Å². The number of nitrogens with one attached hydrogen (secondary N) is 1. The molecule has 4 aromatic rings. The third kappa shape index (κ3) is 4.48. The molecule has 8 nitrogen and oxygen atoms in total. The highest BCUT2D eigenvalue weighted by Gasteiger charge is 2.35. The number of carbonyl (C=O) groups is 1. The smallest absolute Gasteiger partial charge is 0.259 e. The van der Waals surface area contributed by atoms with Gasteiger partial charge in [0.25, 0.3) is 11.6 Å². The number of aryl methyl sites for hydroxylation is 3. The zero-order valence-electron chi connectivity index (χ0n) is 21.1. The Morgan fingerprint density at radius 3 is 2.53 bits per heavy atom. The molecule has 1 aliphatic heterocycles. The molecule has 3 aromatic heterocycles. The maximum Gasteiger partial charge on any atom is 0.259 e. The monoisotopic (exact) mass is 489 g/mol. The van der Waals surface area contributed by atoms with Crippen molar-refractivity contribution in [2.75, 3.05) is 26.4 Å². The first-order chi connectivity index (χ1) is 17.4. The molecule has 188 valence electrons. The molecule has 0 spiro atoms. The molecule has 1 fully saturated rings. The van der Waals surface area contributed by atoms with Gasteiger partial charge in [0, 0.05) is 30.7 Å². The first kappa shape index (κ1) is 24.1. The van der Waals surface area contributed by atoms with Crippen molar-refractivity contribution in [2.24, 2.45) is 0 Å². The normalized spacial score (nSPS) is 15.2. The van der Waals surface area contributed by atoms with Crippen LogP contribution in [0.5, 0.6) is 5.75 Å². The van der Waals surface area contributed by atoms with Crippen LogP contribution in [-0.4, -0.2) is 42.4 Å². The molecule has 1 aliphatic rings. The Morgan fingerprint density at radius 1 is 1.11 bits per heavy atom. The second kappa shape index (κ2) is 9.78. The van der Waals surface area contributed by atoms with Gasteiger partial charge >= 0.3 is 0 Å². The molecular weight excluding hydrogens is 458 g/mol. The van der Waals surface area contributed by atoms with Crippen LogP contribution in [-0.2, 0) is 10.2 Å². The molecule has 0 aliphatic carbocycles. The number of amides is 1. The highest BCUT2D eigenvalue weighted by atomic mass is 16.5. The number of aromatic nitrogens is 2. The van der Waals surface area contributed by atoms with Crippen LogP contribution in [0, 0.1) is 20.8 Å². The number of rotatable bonds is 7. The Morgan fingerprint density at radius 2 is 1.86 bits per heavy atom. The van der Waals surface area contributed by atoms with E-state index in [4.69, 9.17) is 18.4 Å². The predicted molar refractivity (Wildman–Crippen MR) is 135 cm³/mol. The molecule has 0 bridgehead atoms. The van der Waals surface area contributed by atoms with Crippen LogP contribution >= 0.6 is 0 Å². The van der Waals surface area contributed by atoms with Crippen molar-refractivity contribution >= 4 is 17.0 Å². The summed E-state index contributed by atoms with van der Waals surface area (Å²) in [5.74, 6) is 2.16. The number of nitrogens with zero attached hydrogens (tertiary/aromatic N) is 2. The van der Waals surface area contributed by atoms with Gasteiger partial charge in [0.15, 0.2) is 0 Å².